The van der Waals surface area contributed by atoms with Gasteiger partial charge < -0.3 is 25.4 Å². The lowest BCUT2D eigenvalue weighted by Crippen LogP contribution is -2.41. The minimum atomic E-state index is -0.991. The van der Waals surface area contributed by atoms with Gasteiger partial charge in [0.05, 0.1) is 35.5 Å². The van der Waals surface area contributed by atoms with Gasteiger partial charge in [-0.2, -0.15) is 5.26 Å². The molecule has 8 nitrogen and oxygen atoms in total. The number of carboxylic acid groups (broad SMARTS) is 1. The molecule has 28 heavy (non-hydrogen) atoms. The van der Waals surface area contributed by atoms with Gasteiger partial charge in [-0.3, -0.25) is 0 Å². The predicted octanol–water partition coefficient (Wildman–Crippen LogP) is 3.91. The van der Waals surface area contributed by atoms with Gasteiger partial charge in [0.1, 0.15) is 6.10 Å². The van der Waals surface area contributed by atoms with Gasteiger partial charge in [-0.15, -0.1) is 0 Å². The van der Waals surface area contributed by atoms with E-state index in [0.717, 1.165) is 5.56 Å². The molecule has 9 heteroatoms. The summed E-state index contributed by atoms with van der Waals surface area (Å²) in [6, 6.07) is 13.0. The fourth-order valence-corrected chi connectivity index (χ4v) is 3.05. The lowest BCUT2D eigenvalue weighted by molar-refractivity contribution is -0.0231. The molecule has 1 heterocycles. The number of carbonyl (C=O) groups excluding carboxylic acids is 1. The molecule has 3 amide bonds. The van der Waals surface area contributed by atoms with Crippen molar-refractivity contribution in [2.75, 3.05) is 30.3 Å². The summed E-state index contributed by atoms with van der Waals surface area (Å²) in [7, 11) is 0. The van der Waals surface area contributed by atoms with Crippen molar-refractivity contribution in [3.05, 3.63) is 58.6 Å². The summed E-state index contributed by atoms with van der Waals surface area (Å²) in [5, 5.41) is 23.6. The van der Waals surface area contributed by atoms with Crippen LogP contribution in [-0.4, -0.2) is 41.8 Å². The Kier molecular flexibility index (Phi) is 5.99. The molecule has 1 aliphatic rings. The number of rotatable bonds is 3. The molecular formula is C19H17ClN4O4. The van der Waals surface area contributed by atoms with Crippen LogP contribution in [0.25, 0.3) is 0 Å². The average Bonchev–Trinajstić information content (AvgIpc) is 2.69. The highest BCUT2D eigenvalue weighted by Gasteiger charge is 2.25. The molecule has 1 aliphatic heterocycles. The van der Waals surface area contributed by atoms with Crippen LogP contribution in [0.5, 0.6) is 0 Å². The molecule has 1 saturated heterocycles. The minimum Gasteiger partial charge on any atom is -0.465 e. The van der Waals surface area contributed by atoms with Crippen molar-refractivity contribution < 1.29 is 19.4 Å². The molecule has 0 aromatic heterocycles. The number of amides is 3. The van der Waals surface area contributed by atoms with E-state index in [9.17, 15) is 9.59 Å². The number of ether oxygens (including phenoxy) is 1. The molecule has 0 bridgehead atoms. The monoisotopic (exact) mass is 400 g/mol. The number of nitrogens with one attached hydrogen (secondary N) is 2. The Labute approximate surface area is 166 Å². The van der Waals surface area contributed by atoms with E-state index in [4.69, 9.17) is 26.7 Å². The van der Waals surface area contributed by atoms with E-state index < -0.39 is 18.2 Å². The Bertz CT molecular complexity index is 944. The number of carbonyl (C=O) groups is 2. The van der Waals surface area contributed by atoms with Crippen LogP contribution in [0, 0.1) is 11.3 Å². The summed E-state index contributed by atoms with van der Waals surface area (Å²) in [4.78, 5) is 24.6. The van der Waals surface area contributed by atoms with Crippen LogP contribution in [0.1, 0.15) is 17.2 Å². The van der Waals surface area contributed by atoms with Crippen molar-refractivity contribution in [2.24, 2.45) is 0 Å². The number of hydrogen-bond donors (Lipinski definition) is 3. The third-order valence-electron chi connectivity index (χ3n) is 4.20. The van der Waals surface area contributed by atoms with Crippen LogP contribution in [0.4, 0.5) is 21.0 Å². The number of urea groups is 1. The third kappa shape index (κ3) is 4.71. The third-order valence-corrected chi connectivity index (χ3v) is 4.51. The van der Waals surface area contributed by atoms with Crippen molar-refractivity contribution in [2.45, 2.75) is 6.10 Å². The van der Waals surface area contributed by atoms with E-state index in [1.165, 1.54) is 4.90 Å². The van der Waals surface area contributed by atoms with Crippen LogP contribution < -0.4 is 10.6 Å². The molecule has 1 unspecified atom stereocenters. The topological polar surface area (TPSA) is 115 Å². The van der Waals surface area contributed by atoms with Crippen LogP contribution >= 0.6 is 11.6 Å². The number of benzene rings is 2. The molecule has 0 radical (unpaired) electrons. The van der Waals surface area contributed by atoms with Gasteiger partial charge in [0.2, 0.25) is 0 Å². The zero-order valence-corrected chi connectivity index (χ0v) is 15.4. The van der Waals surface area contributed by atoms with Crippen molar-refractivity contribution in [3.63, 3.8) is 0 Å². The highest BCUT2D eigenvalue weighted by atomic mass is 35.5. The molecular weight excluding hydrogens is 384 g/mol. The molecule has 3 rings (SSSR count). The molecule has 3 N–H and O–H groups in total. The normalized spacial score (nSPS) is 16.1. The van der Waals surface area contributed by atoms with E-state index >= 15 is 0 Å². The smallest absolute Gasteiger partial charge is 0.407 e. The minimum absolute atomic E-state index is 0.216. The Morgan fingerprint density at radius 3 is 2.79 bits per heavy atom. The lowest BCUT2D eigenvalue weighted by atomic mass is 10.1. The number of halogens is 1. The second kappa shape index (κ2) is 8.61. The van der Waals surface area contributed by atoms with Gasteiger partial charge in [0, 0.05) is 12.2 Å². The number of morpholine rings is 1. The first-order valence-electron chi connectivity index (χ1n) is 8.43. The fourth-order valence-electron chi connectivity index (χ4n) is 2.81. The van der Waals surface area contributed by atoms with Gasteiger partial charge in [0.25, 0.3) is 0 Å². The van der Waals surface area contributed by atoms with Gasteiger partial charge in [-0.1, -0.05) is 23.7 Å². The standard InChI is InChI=1S/C19H17ClN4O4/c20-15-9-13(17-11-24(19(26)27)6-7-28-17)4-5-16(15)23-18(25)22-14-3-1-2-12(8-14)10-21/h1-5,8-9,17H,6-7,11H2,(H,26,27)(H2,22,23,25). The fraction of sp³-hybridized carbons (Fsp3) is 0.211. The maximum Gasteiger partial charge on any atom is 0.407 e. The SMILES string of the molecule is N#Cc1cccc(NC(=O)Nc2ccc(C3CN(C(=O)O)CCO3)cc2Cl)c1. The molecule has 0 saturated carbocycles. The first-order valence-corrected chi connectivity index (χ1v) is 8.81. The largest absolute Gasteiger partial charge is 0.465 e. The first-order chi connectivity index (χ1) is 13.5. The van der Waals surface area contributed by atoms with Crippen LogP contribution in [0.2, 0.25) is 5.02 Å². The van der Waals surface area contributed by atoms with E-state index in [2.05, 4.69) is 10.6 Å². The first kappa shape index (κ1) is 19.5. The van der Waals surface area contributed by atoms with E-state index in [1.807, 2.05) is 6.07 Å². The second-order valence-electron chi connectivity index (χ2n) is 6.10. The zero-order valence-electron chi connectivity index (χ0n) is 14.7. The van der Waals surface area contributed by atoms with Crippen molar-refractivity contribution in [1.29, 1.82) is 5.26 Å². The van der Waals surface area contributed by atoms with Crippen LogP contribution in [0.3, 0.4) is 0 Å². The molecule has 144 valence electrons. The summed E-state index contributed by atoms with van der Waals surface area (Å²) in [6.45, 7) is 0.847. The van der Waals surface area contributed by atoms with E-state index in [-0.39, 0.29) is 6.54 Å². The summed E-state index contributed by atoms with van der Waals surface area (Å²) in [6.07, 6.45) is -1.41. The Morgan fingerprint density at radius 2 is 2.07 bits per heavy atom. The summed E-state index contributed by atoms with van der Waals surface area (Å²) in [5.74, 6) is 0. The number of nitrogens with zero attached hydrogens (tertiary/aromatic N) is 2. The lowest BCUT2D eigenvalue weighted by Gasteiger charge is -2.31. The average molecular weight is 401 g/mol. The number of nitriles is 1. The predicted molar refractivity (Wildman–Crippen MR) is 104 cm³/mol. The highest BCUT2D eigenvalue weighted by Crippen LogP contribution is 2.29. The van der Waals surface area contributed by atoms with E-state index in [0.29, 0.717) is 35.1 Å². The Morgan fingerprint density at radius 1 is 1.25 bits per heavy atom. The van der Waals surface area contributed by atoms with Crippen LogP contribution in [-0.2, 0) is 4.74 Å². The number of anilines is 2. The maximum atomic E-state index is 12.2. The van der Waals surface area contributed by atoms with Gasteiger partial charge >= 0.3 is 12.1 Å². The van der Waals surface area contributed by atoms with Crippen molar-refractivity contribution >= 4 is 35.1 Å². The van der Waals surface area contributed by atoms with Crippen molar-refractivity contribution in [1.82, 2.24) is 4.90 Å². The maximum absolute atomic E-state index is 12.2. The Balaban J connectivity index is 1.66. The van der Waals surface area contributed by atoms with Crippen LogP contribution in [0.15, 0.2) is 42.5 Å². The summed E-state index contributed by atoms with van der Waals surface area (Å²) in [5.41, 5.74) is 2.03. The highest BCUT2D eigenvalue weighted by molar-refractivity contribution is 6.33. The van der Waals surface area contributed by atoms with Crippen molar-refractivity contribution in [3.8, 4) is 6.07 Å². The second-order valence-corrected chi connectivity index (χ2v) is 6.51. The quantitative estimate of drug-likeness (QED) is 0.722. The summed E-state index contributed by atoms with van der Waals surface area (Å²) < 4.78 is 5.63. The van der Waals surface area contributed by atoms with Gasteiger partial charge in [0.15, 0.2) is 0 Å². The van der Waals surface area contributed by atoms with Gasteiger partial charge in [-0.25, -0.2) is 9.59 Å². The number of hydrogen-bond acceptors (Lipinski definition) is 4. The van der Waals surface area contributed by atoms with Gasteiger partial charge in [-0.05, 0) is 35.9 Å². The molecule has 1 fully saturated rings. The van der Waals surface area contributed by atoms with E-state index in [1.54, 1.807) is 42.5 Å². The molecule has 1 atom stereocenters. The molecule has 2 aromatic carbocycles. The summed E-state index contributed by atoms with van der Waals surface area (Å²) >= 11 is 6.27. The zero-order chi connectivity index (χ0) is 20.1. The molecule has 0 aliphatic carbocycles. The molecule has 2 aromatic rings. The Hall–Kier alpha value is -3.28. The molecule has 0 spiro atoms.